The minimum atomic E-state index is -0.316. The van der Waals surface area contributed by atoms with Gasteiger partial charge in [-0.15, -0.1) is 0 Å². The van der Waals surface area contributed by atoms with E-state index in [1.807, 2.05) is 13.0 Å². The summed E-state index contributed by atoms with van der Waals surface area (Å²) in [7, 11) is 0. The van der Waals surface area contributed by atoms with Crippen LogP contribution in [0.3, 0.4) is 0 Å². The van der Waals surface area contributed by atoms with Crippen LogP contribution in [0.25, 0.3) is 0 Å². The first-order chi connectivity index (χ1) is 8.58. The zero-order chi connectivity index (χ0) is 13.1. The van der Waals surface area contributed by atoms with Crippen LogP contribution in [0.4, 0.5) is 11.4 Å². The second-order valence-corrected chi connectivity index (χ2v) is 5.31. The van der Waals surface area contributed by atoms with Crippen molar-refractivity contribution in [1.29, 1.82) is 0 Å². The molecule has 4 heteroatoms. The molecule has 18 heavy (non-hydrogen) atoms. The molecule has 1 aromatic rings. The number of nitro benzene ring substituents is 1. The maximum Gasteiger partial charge on any atom is 0.274 e. The zero-order valence-corrected chi connectivity index (χ0v) is 11.0. The van der Waals surface area contributed by atoms with Crippen LogP contribution in [0.1, 0.15) is 38.2 Å². The fourth-order valence-corrected chi connectivity index (χ4v) is 2.60. The molecule has 0 unspecified atom stereocenters. The van der Waals surface area contributed by atoms with Crippen LogP contribution in [0.2, 0.25) is 0 Å². The van der Waals surface area contributed by atoms with Crippen LogP contribution < -0.4 is 5.32 Å². The van der Waals surface area contributed by atoms with Gasteiger partial charge in [-0.25, -0.2) is 0 Å². The largest absolute Gasteiger partial charge is 0.382 e. The maximum absolute atomic E-state index is 10.9. The number of rotatable bonds is 3. The molecule has 0 atom stereocenters. The molecule has 0 amide bonds. The van der Waals surface area contributed by atoms with Crippen molar-refractivity contribution in [2.45, 2.75) is 45.6 Å². The molecule has 2 rings (SSSR count). The Morgan fingerprint density at radius 3 is 2.56 bits per heavy atom. The number of hydrogen-bond donors (Lipinski definition) is 1. The average Bonchev–Trinajstić information content (AvgIpc) is 2.34. The molecular formula is C14H20N2O2. The molecule has 1 aliphatic rings. The van der Waals surface area contributed by atoms with Crippen molar-refractivity contribution in [2.24, 2.45) is 5.92 Å². The van der Waals surface area contributed by atoms with Crippen LogP contribution in [-0.2, 0) is 0 Å². The van der Waals surface area contributed by atoms with Gasteiger partial charge in [-0.05, 0) is 44.6 Å². The van der Waals surface area contributed by atoms with Gasteiger partial charge in [0.15, 0.2) is 0 Å². The number of nitrogens with one attached hydrogen (secondary N) is 1. The third-order valence-corrected chi connectivity index (χ3v) is 3.88. The zero-order valence-electron chi connectivity index (χ0n) is 11.0. The van der Waals surface area contributed by atoms with E-state index in [1.165, 1.54) is 12.8 Å². The van der Waals surface area contributed by atoms with Crippen LogP contribution in [0.5, 0.6) is 0 Å². The van der Waals surface area contributed by atoms with Gasteiger partial charge in [-0.3, -0.25) is 10.1 Å². The minimum Gasteiger partial charge on any atom is -0.382 e. The van der Waals surface area contributed by atoms with Crippen molar-refractivity contribution in [3.05, 3.63) is 33.9 Å². The fourth-order valence-electron chi connectivity index (χ4n) is 2.60. The average molecular weight is 248 g/mol. The van der Waals surface area contributed by atoms with Gasteiger partial charge in [-0.1, -0.05) is 13.0 Å². The van der Waals surface area contributed by atoms with Gasteiger partial charge < -0.3 is 5.32 Å². The number of benzene rings is 1. The highest BCUT2D eigenvalue weighted by Gasteiger charge is 2.20. The Kier molecular flexibility index (Phi) is 3.84. The Morgan fingerprint density at radius 2 is 1.94 bits per heavy atom. The van der Waals surface area contributed by atoms with Crippen molar-refractivity contribution in [1.82, 2.24) is 0 Å². The first kappa shape index (κ1) is 12.9. The van der Waals surface area contributed by atoms with Crippen LogP contribution in [-0.4, -0.2) is 11.0 Å². The van der Waals surface area contributed by atoms with Crippen LogP contribution in [0, 0.1) is 23.0 Å². The lowest BCUT2D eigenvalue weighted by molar-refractivity contribution is -0.385. The highest BCUT2D eigenvalue weighted by molar-refractivity contribution is 5.60. The summed E-state index contributed by atoms with van der Waals surface area (Å²) in [6, 6.07) is 5.70. The van der Waals surface area contributed by atoms with Crippen molar-refractivity contribution in [3.63, 3.8) is 0 Å². The topological polar surface area (TPSA) is 55.2 Å². The first-order valence-electron chi connectivity index (χ1n) is 6.58. The molecule has 1 fully saturated rings. The molecule has 1 saturated carbocycles. The van der Waals surface area contributed by atoms with Crippen molar-refractivity contribution >= 4 is 11.4 Å². The Labute approximate surface area is 108 Å². The van der Waals surface area contributed by atoms with E-state index in [2.05, 4.69) is 12.2 Å². The molecular weight excluding hydrogens is 228 g/mol. The van der Waals surface area contributed by atoms with E-state index in [1.54, 1.807) is 12.1 Å². The normalized spacial score (nSPS) is 23.7. The Hall–Kier alpha value is -1.58. The van der Waals surface area contributed by atoms with E-state index < -0.39 is 0 Å². The lowest BCUT2D eigenvalue weighted by Gasteiger charge is -2.28. The molecule has 0 aromatic heterocycles. The fraction of sp³-hybridized carbons (Fsp3) is 0.571. The second kappa shape index (κ2) is 5.38. The molecule has 1 aromatic carbocycles. The summed E-state index contributed by atoms with van der Waals surface area (Å²) >= 11 is 0. The SMILES string of the molecule is Cc1c(NC2CCC(C)CC2)cccc1[N+](=O)[O-]. The van der Waals surface area contributed by atoms with E-state index in [0.717, 1.165) is 30.0 Å². The lowest BCUT2D eigenvalue weighted by atomic mass is 9.87. The Morgan fingerprint density at radius 1 is 1.28 bits per heavy atom. The summed E-state index contributed by atoms with van der Waals surface area (Å²) in [5.41, 5.74) is 1.84. The summed E-state index contributed by atoms with van der Waals surface area (Å²) in [4.78, 5) is 10.6. The molecule has 0 radical (unpaired) electrons. The Bertz CT molecular complexity index is 437. The van der Waals surface area contributed by atoms with E-state index >= 15 is 0 Å². The van der Waals surface area contributed by atoms with Crippen molar-refractivity contribution in [3.8, 4) is 0 Å². The second-order valence-electron chi connectivity index (χ2n) is 5.31. The first-order valence-corrected chi connectivity index (χ1v) is 6.58. The predicted octanol–water partition coefficient (Wildman–Crippen LogP) is 3.89. The minimum absolute atomic E-state index is 0.198. The van der Waals surface area contributed by atoms with E-state index in [0.29, 0.717) is 6.04 Å². The maximum atomic E-state index is 10.9. The number of anilines is 1. The number of nitro groups is 1. The molecule has 0 bridgehead atoms. The predicted molar refractivity (Wildman–Crippen MR) is 72.9 cm³/mol. The molecule has 4 nitrogen and oxygen atoms in total. The van der Waals surface area contributed by atoms with Gasteiger partial charge in [0.2, 0.25) is 0 Å². The van der Waals surface area contributed by atoms with E-state index in [4.69, 9.17) is 0 Å². The highest BCUT2D eigenvalue weighted by Crippen LogP contribution is 2.30. The molecule has 0 aliphatic heterocycles. The van der Waals surface area contributed by atoms with Gasteiger partial charge in [0.25, 0.3) is 5.69 Å². The van der Waals surface area contributed by atoms with Gasteiger partial charge in [0, 0.05) is 23.4 Å². The highest BCUT2D eigenvalue weighted by atomic mass is 16.6. The molecule has 0 saturated heterocycles. The Balaban J connectivity index is 2.10. The standard InChI is InChI=1S/C14H20N2O2/c1-10-6-8-12(9-7-10)15-13-4-3-5-14(11(13)2)16(17)18/h3-5,10,12,15H,6-9H2,1-2H3. The molecule has 98 valence electrons. The smallest absolute Gasteiger partial charge is 0.274 e. The van der Waals surface area contributed by atoms with Gasteiger partial charge in [0.1, 0.15) is 0 Å². The summed E-state index contributed by atoms with van der Waals surface area (Å²) < 4.78 is 0. The molecule has 0 spiro atoms. The summed E-state index contributed by atoms with van der Waals surface area (Å²) in [6.45, 7) is 4.10. The van der Waals surface area contributed by atoms with Gasteiger partial charge in [-0.2, -0.15) is 0 Å². The third kappa shape index (κ3) is 2.81. The quantitative estimate of drug-likeness (QED) is 0.652. The summed E-state index contributed by atoms with van der Waals surface area (Å²) in [5.74, 6) is 0.814. The third-order valence-electron chi connectivity index (χ3n) is 3.88. The van der Waals surface area contributed by atoms with Crippen molar-refractivity contribution < 1.29 is 4.92 Å². The summed E-state index contributed by atoms with van der Waals surface area (Å²) in [6.07, 6.45) is 4.80. The van der Waals surface area contributed by atoms with Gasteiger partial charge >= 0.3 is 0 Å². The van der Waals surface area contributed by atoms with E-state index in [9.17, 15) is 10.1 Å². The number of hydrogen-bond acceptors (Lipinski definition) is 3. The van der Waals surface area contributed by atoms with E-state index in [-0.39, 0.29) is 10.6 Å². The van der Waals surface area contributed by atoms with Crippen LogP contribution >= 0.6 is 0 Å². The van der Waals surface area contributed by atoms with Gasteiger partial charge in [0.05, 0.1) is 4.92 Å². The lowest BCUT2D eigenvalue weighted by Crippen LogP contribution is -2.25. The molecule has 1 aliphatic carbocycles. The monoisotopic (exact) mass is 248 g/mol. The number of nitrogens with zero attached hydrogens (tertiary/aromatic N) is 1. The molecule has 0 heterocycles. The summed E-state index contributed by atoms with van der Waals surface area (Å²) in [5, 5.41) is 14.3. The van der Waals surface area contributed by atoms with Crippen molar-refractivity contribution in [2.75, 3.05) is 5.32 Å². The molecule has 1 N–H and O–H groups in total. The van der Waals surface area contributed by atoms with Crippen LogP contribution in [0.15, 0.2) is 18.2 Å².